The number of hydrogen-bond donors (Lipinski definition) is 12. The molecule has 0 aromatic rings. The zero-order valence-electron chi connectivity index (χ0n) is 20.2. The molecule has 14 N–H and O–H groups in total. The van der Waals surface area contributed by atoms with Crippen molar-refractivity contribution in [2.45, 2.75) is 61.4 Å². The second kappa shape index (κ2) is 19.1. The molecule has 0 aromatic heterocycles. The fourth-order valence-electron chi connectivity index (χ4n) is 1.78. The first-order chi connectivity index (χ1) is 12.9. The predicted octanol–water partition coefficient (Wildman–Crippen LogP) is -8.49. The molecule has 10 atom stereocenters. The molecule has 0 saturated carbocycles. The molecule has 0 bridgehead atoms. The van der Waals surface area contributed by atoms with Crippen LogP contribution in [-0.2, 0) is 9.47 Å². The molecule has 0 aromatic carbocycles. The van der Waals surface area contributed by atoms with E-state index in [1.165, 1.54) is 0 Å². The molecular weight excluding hydrogens is 477 g/mol. The minimum atomic E-state index is -2.57. The number of ether oxygens (including phenoxy) is 2. The molecule has 0 radical (unpaired) electrons. The largest absolute Gasteiger partial charge is 2.00 e. The van der Waals surface area contributed by atoms with Crippen LogP contribution < -0.4 is 0 Å². The van der Waals surface area contributed by atoms with Gasteiger partial charge in [0.05, 0.1) is 13.2 Å². The number of aliphatic hydroxyl groups excluding tert-OH is 12. The third-order valence-corrected chi connectivity index (χ3v) is 3.58. The van der Waals surface area contributed by atoms with Crippen molar-refractivity contribution < 1.29 is 86.7 Å². The van der Waals surface area contributed by atoms with Gasteiger partial charge in [-0.05, 0) is 0 Å². The third kappa shape index (κ3) is 12.7. The number of aliphatic hydroxyl groups is 12. The summed E-state index contributed by atoms with van der Waals surface area (Å²) in [5.41, 5.74) is 0. The smallest absolute Gasteiger partial charge is 1.00 e. The van der Waals surface area contributed by atoms with Crippen molar-refractivity contribution in [1.82, 2.24) is 0 Å². The summed E-state index contributed by atoms with van der Waals surface area (Å²) in [5, 5.41) is 111. The fourth-order valence-corrected chi connectivity index (χ4v) is 1.78. The number of carbonyl (C=O) groups is 1. The predicted molar refractivity (Wildman–Crippen MR) is 101 cm³/mol. The Morgan fingerprint density at radius 1 is 0.613 bits per heavy atom. The molecule has 0 aliphatic carbocycles. The summed E-state index contributed by atoms with van der Waals surface area (Å²) in [7, 11) is 0. The van der Waals surface area contributed by atoms with Gasteiger partial charge in [0.25, 0.3) is 0 Å². The zero-order chi connectivity index (χ0) is 22.2. The molecule has 184 valence electrons. The van der Waals surface area contributed by atoms with Gasteiger partial charge in [0.2, 0.25) is 12.6 Å². The summed E-state index contributed by atoms with van der Waals surface area (Å²) < 4.78 is 8.10. The molecule has 2 unspecified atom stereocenters. The zero-order valence-corrected chi connectivity index (χ0v) is 19.8. The molecule has 0 aliphatic heterocycles. The molecule has 0 saturated heterocycles. The Labute approximate surface area is 227 Å². The SMILES string of the molecule is O.O=C(OC(O)[C@@H](O)[C@@H](O)[C@H](O)[C@H](O)CO)OC(O)[C@H](O)[C@@H](O)[C@H](O)[C@H](O)CO.[Ca+2].[H-].[H-].[H-].[H-].[Mg+2]. The molecule has 0 amide bonds. The van der Waals surface area contributed by atoms with Gasteiger partial charge in [-0.1, -0.05) is 0 Å². The van der Waals surface area contributed by atoms with E-state index >= 15 is 0 Å². The first-order valence-electron chi connectivity index (χ1n) is 7.78. The summed E-state index contributed by atoms with van der Waals surface area (Å²) in [6.07, 6.45) is -24.6. The van der Waals surface area contributed by atoms with Crippen LogP contribution in [0.1, 0.15) is 5.71 Å². The summed E-state index contributed by atoms with van der Waals surface area (Å²) >= 11 is 0. The van der Waals surface area contributed by atoms with Gasteiger partial charge < -0.3 is 81.9 Å². The van der Waals surface area contributed by atoms with Gasteiger partial charge in [-0.3, -0.25) is 0 Å². The van der Waals surface area contributed by atoms with E-state index in [0.29, 0.717) is 0 Å². The third-order valence-electron chi connectivity index (χ3n) is 3.58. The average Bonchev–Trinajstić information content (AvgIpc) is 2.68. The molecule has 18 heteroatoms. The van der Waals surface area contributed by atoms with E-state index in [1.54, 1.807) is 0 Å². The van der Waals surface area contributed by atoms with Crippen molar-refractivity contribution in [2.24, 2.45) is 0 Å². The van der Waals surface area contributed by atoms with Crippen molar-refractivity contribution in [1.29, 1.82) is 0 Å². The van der Waals surface area contributed by atoms with Gasteiger partial charge in [-0.25, -0.2) is 4.79 Å². The number of hydrogen-bond acceptors (Lipinski definition) is 15. The van der Waals surface area contributed by atoms with Crippen LogP contribution in [0.4, 0.5) is 4.79 Å². The Hall–Kier alpha value is 0.776. The molecule has 0 fully saturated rings. The Morgan fingerprint density at radius 2 is 0.871 bits per heavy atom. The average molecular weight is 509 g/mol. The monoisotopic (exact) mass is 508 g/mol. The summed E-state index contributed by atoms with van der Waals surface area (Å²) in [5.74, 6) is 0. The second-order valence-electron chi connectivity index (χ2n) is 5.71. The van der Waals surface area contributed by atoms with E-state index < -0.39 is 80.8 Å². The Bertz CT molecular complexity index is 443. The molecule has 0 aliphatic rings. The molecule has 0 heterocycles. The van der Waals surface area contributed by atoms with Crippen LogP contribution in [0, 0.1) is 0 Å². The molecular formula is C13H32CaMgO16. The Morgan fingerprint density at radius 3 is 1.10 bits per heavy atom. The van der Waals surface area contributed by atoms with Gasteiger partial charge in [0, 0.05) is 0 Å². The van der Waals surface area contributed by atoms with E-state index in [0.717, 1.165) is 0 Å². The van der Waals surface area contributed by atoms with Crippen LogP contribution in [0.15, 0.2) is 0 Å². The van der Waals surface area contributed by atoms with Gasteiger partial charge in [-0.15, -0.1) is 0 Å². The maximum absolute atomic E-state index is 11.4. The van der Waals surface area contributed by atoms with Crippen LogP contribution in [0.25, 0.3) is 0 Å². The molecule has 0 spiro atoms. The minimum absolute atomic E-state index is 0. The summed E-state index contributed by atoms with van der Waals surface area (Å²) in [4.78, 5) is 11.4. The van der Waals surface area contributed by atoms with Crippen LogP contribution in [0.5, 0.6) is 0 Å². The van der Waals surface area contributed by atoms with E-state index in [9.17, 15) is 45.6 Å². The van der Waals surface area contributed by atoms with Crippen molar-refractivity contribution >= 4 is 66.9 Å². The molecule has 16 nitrogen and oxygen atoms in total. The maximum atomic E-state index is 11.4. The Kier molecular flexibility index (Phi) is 24.1. The minimum Gasteiger partial charge on any atom is -1.00 e. The van der Waals surface area contributed by atoms with E-state index in [2.05, 4.69) is 9.47 Å². The van der Waals surface area contributed by atoms with E-state index in [1.807, 2.05) is 0 Å². The first kappa shape index (κ1) is 39.0. The van der Waals surface area contributed by atoms with Gasteiger partial charge in [0.15, 0.2) is 0 Å². The van der Waals surface area contributed by atoms with Gasteiger partial charge in [-0.2, -0.15) is 0 Å². The second-order valence-corrected chi connectivity index (χ2v) is 5.71. The quantitative estimate of drug-likeness (QED) is 0.0661. The standard InChI is InChI=1S/C13H26O15.Ca.Mg.H2O.4H/c14-1-3(16)5(18)7(20)9(22)11(24)27-13(26)28-12(25)10(23)8(21)6(19)4(17)2-15;;;;;;;/h3-12,14-25H,1-2H2;;;1H2;;;;/q;2*+2;;4*-1/t3-,4-,5-,6-,7+,8+,9-,10+,11?,12?;;;;;;;/m1......./s1. The maximum Gasteiger partial charge on any atom is 2.00 e. The Balaban J connectivity index is -0.000000174. The number of carbonyl (C=O) groups excluding carboxylic acids is 1. The van der Waals surface area contributed by atoms with E-state index in [4.69, 9.17) is 20.4 Å². The van der Waals surface area contributed by atoms with Crippen LogP contribution in [0.2, 0.25) is 0 Å². The van der Waals surface area contributed by atoms with Gasteiger partial charge >= 0.3 is 66.9 Å². The molecule has 31 heavy (non-hydrogen) atoms. The van der Waals surface area contributed by atoms with Crippen molar-refractivity contribution in [3.63, 3.8) is 0 Å². The van der Waals surface area contributed by atoms with Crippen LogP contribution >= 0.6 is 0 Å². The first-order valence-corrected chi connectivity index (χ1v) is 7.78. The summed E-state index contributed by atoms with van der Waals surface area (Å²) in [6.45, 7) is -2.01. The molecule has 0 rings (SSSR count). The topological polar surface area (TPSA) is 310 Å². The van der Waals surface area contributed by atoms with Crippen LogP contribution in [0.3, 0.4) is 0 Å². The van der Waals surface area contributed by atoms with Crippen molar-refractivity contribution in [2.75, 3.05) is 13.2 Å². The van der Waals surface area contributed by atoms with E-state index in [-0.39, 0.29) is 72.0 Å². The van der Waals surface area contributed by atoms with Gasteiger partial charge in [0.1, 0.15) is 48.8 Å². The summed E-state index contributed by atoms with van der Waals surface area (Å²) in [6, 6.07) is 0. The number of rotatable bonds is 12. The fraction of sp³-hybridized carbons (Fsp3) is 0.923. The van der Waals surface area contributed by atoms with Crippen molar-refractivity contribution in [3.05, 3.63) is 0 Å². The van der Waals surface area contributed by atoms with Crippen molar-refractivity contribution in [3.8, 4) is 0 Å². The normalized spacial score (nSPS) is 20.5. The van der Waals surface area contributed by atoms with Crippen LogP contribution in [-0.4, -0.2) is 208 Å².